The van der Waals surface area contributed by atoms with Crippen LogP contribution >= 0.6 is 23.2 Å². The van der Waals surface area contributed by atoms with E-state index in [2.05, 4.69) is 20.3 Å². The van der Waals surface area contributed by atoms with Crippen LogP contribution in [0, 0.1) is 0 Å². The summed E-state index contributed by atoms with van der Waals surface area (Å²) in [6.45, 7) is 0. The Bertz CT molecular complexity index is 641. The van der Waals surface area contributed by atoms with Gasteiger partial charge in [0.15, 0.2) is 5.15 Å². The van der Waals surface area contributed by atoms with Crippen molar-refractivity contribution < 1.29 is 0 Å². The van der Waals surface area contributed by atoms with Gasteiger partial charge in [0.05, 0.1) is 35.7 Å². The molecular formula is C11H11Cl2N7. The summed E-state index contributed by atoms with van der Waals surface area (Å²) in [5.74, 6) is 0. The fourth-order valence-electron chi connectivity index (χ4n) is 1.27. The average Bonchev–Trinajstić information content (AvgIpc) is 2.99. The van der Waals surface area contributed by atoms with Crippen molar-refractivity contribution in [2.75, 3.05) is 11.5 Å². The van der Waals surface area contributed by atoms with Crippen molar-refractivity contribution in [1.82, 2.24) is 25.0 Å². The number of anilines is 2. The third-order valence-electron chi connectivity index (χ3n) is 2.23. The quantitative estimate of drug-likeness (QED) is 0.637. The highest BCUT2D eigenvalue weighted by molar-refractivity contribution is 6.32. The Kier molecular flexibility index (Phi) is 4.44. The van der Waals surface area contributed by atoms with Gasteiger partial charge in [0.1, 0.15) is 5.15 Å². The highest BCUT2D eigenvalue weighted by Crippen LogP contribution is 2.17. The van der Waals surface area contributed by atoms with Crippen molar-refractivity contribution in [1.29, 1.82) is 0 Å². The Morgan fingerprint density at radius 1 is 1.15 bits per heavy atom. The molecule has 0 fully saturated rings. The second kappa shape index (κ2) is 6.27. The minimum Gasteiger partial charge on any atom is -0.395 e. The van der Waals surface area contributed by atoms with Gasteiger partial charge in [-0.2, -0.15) is 10.2 Å². The molecule has 104 valence electrons. The van der Waals surface area contributed by atoms with E-state index in [9.17, 15) is 0 Å². The first-order valence-electron chi connectivity index (χ1n) is 5.43. The van der Waals surface area contributed by atoms with Crippen LogP contribution in [0.4, 0.5) is 11.4 Å². The van der Waals surface area contributed by atoms with Gasteiger partial charge in [-0.25, -0.2) is 4.68 Å². The van der Waals surface area contributed by atoms with Crippen LogP contribution in [-0.2, 0) is 0 Å². The van der Waals surface area contributed by atoms with Gasteiger partial charge in [0.25, 0.3) is 0 Å². The fourth-order valence-corrected chi connectivity index (χ4v) is 1.50. The number of pyridine rings is 1. The van der Waals surface area contributed by atoms with Crippen LogP contribution in [0.25, 0.3) is 5.69 Å². The van der Waals surface area contributed by atoms with Crippen LogP contribution < -0.4 is 11.5 Å². The van der Waals surface area contributed by atoms with Crippen molar-refractivity contribution in [3.8, 4) is 5.69 Å². The summed E-state index contributed by atoms with van der Waals surface area (Å²) in [4.78, 5) is 3.96. The molecule has 3 aromatic heterocycles. The molecule has 3 rings (SSSR count). The molecule has 3 heterocycles. The molecule has 7 nitrogen and oxygen atoms in total. The summed E-state index contributed by atoms with van der Waals surface area (Å²) < 4.78 is 1.59. The van der Waals surface area contributed by atoms with Gasteiger partial charge in [-0.15, -0.1) is 0 Å². The second-order valence-electron chi connectivity index (χ2n) is 3.67. The predicted octanol–water partition coefficient (Wildman–Crippen LogP) is 2.15. The number of nitrogens with zero attached hydrogens (tertiary/aromatic N) is 4. The van der Waals surface area contributed by atoms with Crippen molar-refractivity contribution >= 4 is 34.6 Å². The molecule has 0 aliphatic rings. The number of aromatic amines is 1. The van der Waals surface area contributed by atoms with E-state index in [4.69, 9.17) is 34.7 Å². The van der Waals surface area contributed by atoms with Gasteiger partial charge in [0.2, 0.25) is 0 Å². The molecule has 9 heteroatoms. The zero-order chi connectivity index (χ0) is 14.5. The molecule has 0 spiro atoms. The topological polar surface area (TPSA) is 111 Å². The monoisotopic (exact) mass is 311 g/mol. The molecule has 0 saturated carbocycles. The highest BCUT2D eigenvalue weighted by Gasteiger charge is 2.03. The molecule has 0 amide bonds. The Morgan fingerprint density at radius 2 is 1.95 bits per heavy atom. The SMILES string of the molecule is Nc1cn(-c2cccnc2)nc1Cl.Nc1cn[nH]c1Cl. The number of aromatic nitrogens is 5. The second-order valence-corrected chi connectivity index (χ2v) is 4.41. The van der Waals surface area contributed by atoms with E-state index in [1.807, 2.05) is 12.1 Å². The number of H-pyrrole nitrogens is 1. The molecule has 3 aromatic rings. The summed E-state index contributed by atoms with van der Waals surface area (Å²) >= 11 is 11.1. The smallest absolute Gasteiger partial charge is 0.174 e. The summed E-state index contributed by atoms with van der Waals surface area (Å²) in [5, 5.41) is 10.7. The zero-order valence-electron chi connectivity index (χ0n) is 10.2. The molecule has 0 aliphatic heterocycles. The number of nitrogens with one attached hydrogen (secondary N) is 1. The fraction of sp³-hybridized carbons (Fsp3) is 0. The molecule has 0 aromatic carbocycles. The standard InChI is InChI=1S/C8H7ClN4.C3H4ClN3/c9-8-7(10)5-13(12-8)6-2-1-3-11-4-6;4-3-2(5)1-6-7-3/h1-5H,10H2;1H,5H2,(H,6,7). The third-order valence-corrected chi connectivity index (χ3v) is 2.82. The number of nitrogen functional groups attached to an aromatic ring is 2. The van der Waals surface area contributed by atoms with E-state index in [1.54, 1.807) is 23.3 Å². The van der Waals surface area contributed by atoms with Gasteiger partial charge >= 0.3 is 0 Å². The predicted molar refractivity (Wildman–Crippen MR) is 78.8 cm³/mol. The zero-order valence-corrected chi connectivity index (χ0v) is 11.7. The van der Waals surface area contributed by atoms with E-state index in [0.29, 0.717) is 21.7 Å². The number of hydrogen-bond donors (Lipinski definition) is 3. The largest absolute Gasteiger partial charge is 0.395 e. The van der Waals surface area contributed by atoms with E-state index in [1.165, 1.54) is 6.20 Å². The third kappa shape index (κ3) is 3.40. The van der Waals surface area contributed by atoms with Gasteiger partial charge in [-0.1, -0.05) is 23.2 Å². The lowest BCUT2D eigenvalue weighted by atomic mass is 10.4. The molecular weight excluding hydrogens is 301 g/mol. The molecule has 0 unspecified atom stereocenters. The van der Waals surface area contributed by atoms with Gasteiger partial charge < -0.3 is 11.5 Å². The highest BCUT2D eigenvalue weighted by atomic mass is 35.5. The Labute approximate surface area is 124 Å². The first-order valence-corrected chi connectivity index (χ1v) is 6.19. The van der Waals surface area contributed by atoms with Crippen LogP contribution in [-0.4, -0.2) is 25.0 Å². The van der Waals surface area contributed by atoms with E-state index >= 15 is 0 Å². The van der Waals surface area contributed by atoms with Crippen molar-refractivity contribution in [3.63, 3.8) is 0 Å². The summed E-state index contributed by atoms with van der Waals surface area (Å²) in [6, 6.07) is 3.69. The molecule has 0 saturated heterocycles. The first kappa shape index (κ1) is 14.2. The maximum Gasteiger partial charge on any atom is 0.174 e. The minimum absolute atomic E-state index is 0.309. The Morgan fingerprint density at radius 3 is 2.35 bits per heavy atom. The number of halogens is 2. The van der Waals surface area contributed by atoms with Crippen molar-refractivity contribution in [2.24, 2.45) is 0 Å². The van der Waals surface area contributed by atoms with E-state index < -0.39 is 0 Å². The van der Waals surface area contributed by atoms with Crippen molar-refractivity contribution in [3.05, 3.63) is 47.2 Å². The first-order chi connectivity index (χ1) is 9.58. The van der Waals surface area contributed by atoms with Crippen LogP contribution in [0.2, 0.25) is 10.3 Å². The van der Waals surface area contributed by atoms with Crippen LogP contribution in [0.1, 0.15) is 0 Å². The van der Waals surface area contributed by atoms with Crippen LogP contribution in [0.3, 0.4) is 0 Å². The lowest BCUT2D eigenvalue weighted by Gasteiger charge is -1.97. The molecule has 0 bridgehead atoms. The van der Waals surface area contributed by atoms with E-state index in [0.717, 1.165) is 5.69 Å². The van der Waals surface area contributed by atoms with Crippen LogP contribution in [0.5, 0.6) is 0 Å². The summed E-state index contributed by atoms with van der Waals surface area (Å²) in [6.07, 6.45) is 6.49. The van der Waals surface area contributed by atoms with E-state index in [-0.39, 0.29) is 0 Å². The maximum absolute atomic E-state index is 5.70. The number of hydrogen-bond acceptors (Lipinski definition) is 5. The normalized spacial score (nSPS) is 9.90. The van der Waals surface area contributed by atoms with Gasteiger partial charge in [-0.05, 0) is 12.1 Å². The lowest BCUT2D eigenvalue weighted by Crippen LogP contribution is -1.94. The molecule has 5 N–H and O–H groups in total. The van der Waals surface area contributed by atoms with Gasteiger partial charge in [-0.3, -0.25) is 10.1 Å². The van der Waals surface area contributed by atoms with Crippen molar-refractivity contribution in [2.45, 2.75) is 0 Å². The number of rotatable bonds is 1. The summed E-state index contributed by atoms with van der Waals surface area (Å²) in [5.41, 5.74) is 12.5. The molecule has 20 heavy (non-hydrogen) atoms. The number of nitrogens with two attached hydrogens (primary N) is 2. The molecule has 0 radical (unpaired) electrons. The minimum atomic E-state index is 0.309. The molecule has 0 aliphatic carbocycles. The average molecular weight is 312 g/mol. The Balaban J connectivity index is 0.000000178. The molecule has 0 atom stereocenters. The van der Waals surface area contributed by atoms with Crippen LogP contribution in [0.15, 0.2) is 36.9 Å². The lowest BCUT2D eigenvalue weighted by molar-refractivity contribution is 0.874. The van der Waals surface area contributed by atoms with Gasteiger partial charge in [0, 0.05) is 6.20 Å². The maximum atomic E-state index is 5.70. The Hall–Kier alpha value is -2.25. The summed E-state index contributed by atoms with van der Waals surface area (Å²) in [7, 11) is 0.